The van der Waals surface area contributed by atoms with Gasteiger partial charge in [-0.3, -0.25) is 4.79 Å². The molecule has 2 rings (SSSR count). The number of benzene rings is 1. The first-order chi connectivity index (χ1) is 9.85. The lowest BCUT2D eigenvalue weighted by Gasteiger charge is -2.18. The minimum Gasteiger partial charge on any atom is -0.406 e. The number of amides is 1. The molecule has 0 aromatic heterocycles. The Balaban J connectivity index is 0.00000242. The molecule has 22 heavy (non-hydrogen) atoms. The molecule has 0 aliphatic carbocycles. The first kappa shape index (κ1) is 18.6. The Hall–Kier alpha value is -1.47. The third-order valence-electron chi connectivity index (χ3n) is 3.35. The van der Waals surface area contributed by atoms with Crippen molar-refractivity contribution in [2.75, 3.05) is 6.54 Å². The van der Waals surface area contributed by atoms with Gasteiger partial charge in [0.05, 0.1) is 12.1 Å². The molecule has 1 aromatic carbocycles. The molecule has 1 heterocycles. The van der Waals surface area contributed by atoms with E-state index in [9.17, 15) is 18.0 Å². The summed E-state index contributed by atoms with van der Waals surface area (Å²) in [5.74, 6) is -0.363. The lowest BCUT2D eigenvalue weighted by Crippen LogP contribution is -2.41. The molecular formula is C14H18ClF3N2O2. The average Bonchev–Trinajstić information content (AvgIpc) is 2.91. The number of hydrogen-bond acceptors (Lipinski definition) is 3. The van der Waals surface area contributed by atoms with Crippen LogP contribution in [0.5, 0.6) is 5.75 Å². The van der Waals surface area contributed by atoms with Crippen LogP contribution in [0.1, 0.15) is 31.4 Å². The van der Waals surface area contributed by atoms with Crippen LogP contribution in [0.15, 0.2) is 24.3 Å². The summed E-state index contributed by atoms with van der Waals surface area (Å²) in [7, 11) is 0. The minimum atomic E-state index is -4.70. The van der Waals surface area contributed by atoms with E-state index in [0.717, 1.165) is 24.9 Å². The van der Waals surface area contributed by atoms with E-state index in [2.05, 4.69) is 15.4 Å². The van der Waals surface area contributed by atoms with Crippen molar-refractivity contribution in [3.05, 3.63) is 29.8 Å². The van der Waals surface area contributed by atoms with Crippen LogP contribution in [0.2, 0.25) is 0 Å². The third-order valence-corrected chi connectivity index (χ3v) is 3.35. The molecule has 2 atom stereocenters. The van der Waals surface area contributed by atoms with Crippen LogP contribution in [0.4, 0.5) is 13.2 Å². The summed E-state index contributed by atoms with van der Waals surface area (Å²) >= 11 is 0. The smallest absolute Gasteiger partial charge is 0.406 e. The molecule has 0 radical (unpaired) electrons. The molecular weight excluding hydrogens is 321 g/mol. The molecule has 1 amide bonds. The van der Waals surface area contributed by atoms with Gasteiger partial charge in [0.15, 0.2) is 0 Å². The molecule has 1 aliphatic heterocycles. The van der Waals surface area contributed by atoms with Crippen LogP contribution in [0, 0.1) is 0 Å². The average molecular weight is 339 g/mol. The van der Waals surface area contributed by atoms with Gasteiger partial charge in [-0.25, -0.2) is 0 Å². The molecule has 0 spiro atoms. The summed E-state index contributed by atoms with van der Waals surface area (Å²) in [5.41, 5.74) is 0.718. The molecule has 2 unspecified atom stereocenters. The second kappa shape index (κ2) is 7.69. The van der Waals surface area contributed by atoms with Crippen LogP contribution in [0.3, 0.4) is 0 Å². The zero-order chi connectivity index (χ0) is 15.5. The third kappa shape index (κ3) is 5.38. The SMILES string of the molecule is CC(NC(=O)C1CCCN1)c1ccc(OC(F)(F)F)cc1.Cl. The number of alkyl halides is 3. The van der Waals surface area contributed by atoms with E-state index in [1.54, 1.807) is 6.92 Å². The zero-order valence-corrected chi connectivity index (χ0v) is 12.8. The van der Waals surface area contributed by atoms with Crippen LogP contribution in [-0.4, -0.2) is 24.9 Å². The van der Waals surface area contributed by atoms with Gasteiger partial charge >= 0.3 is 6.36 Å². The fourth-order valence-corrected chi connectivity index (χ4v) is 2.26. The highest BCUT2D eigenvalue weighted by Gasteiger charge is 2.31. The van der Waals surface area contributed by atoms with E-state index in [-0.39, 0.29) is 36.1 Å². The normalized spacial score (nSPS) is 19.2. The molecule has 1 saturated heterocycles. The van der Waals surface area contributed by atoms with Crippen molar-refractivity contribution >= 4 is 18.3 Å². The minimum absolute atomic E-state index is 0. The lowest BCUT2D eigenvalue weighted by atomic mass is 10.1. The van der Waals surface area contributed by atoms with Gasteiger partial charge in [0.1, 0.15) is 5.75 Å². The maximum Gasteiger partial charge on any atom is 0.573 e. The van der Waals surface area contributed by atoms with E-state index in [1.807, 2.05) is 0 Å². The van der Waals surface area contributed by atoms with E-state index >= 15 is 0 Å². The molecule has 1 aliphatic rings. The molecule has 1 fully saturated rings. The van der Waals surface area contributed by atoms with Crippen molar-refractivity contribution in [2.24, 2.45) is 0 Å². The number of carbonyl (C=O) groups excluding carboxylic acids is 1. The Morgan fingerprint density at radius 3 is 2.50 bits per heavy atom. The number of nitrogens with one attached hydrogen (secondary N) is 2. The zero-order valence-electron chi connectivity index (χ0n) is 11.9. The summed E-state index contributed by atoms with van der Waals surface area (Å²) in [5, 5.41) is 5.93. The molecule has 0 bridgehead atoms. The van der Waals surface area contributed by atoms with Gasteiger partial charge < -0.3 is 15.4 Å². The number of carbonyl (C=O) groups is 1. The predicted octanol–water partition coefficient (Wildman–Crippen LogP) is 2.94. The second-order valence-electron chi connectivity index (χ2n) is 5.00. The summed E-state index contributed by atoms with van der Waals surface area (Å²) in [6.07, 6.45) is -2.93. The number of ether oxygens (including phenoxy) is 1. The second-order valence-corrected chi connectivity index (χ2v) is 5.00. The van der Waals surface area contributed by atoms with Crippen molar-refractivity contribution < 1.29 is 22.7 Å². The van der Waals surface area contributed by atoms with Gasteiger partial charge in [-0.1, -0.05) is 12.1 Å². The summed E-state index contributed by atoms with van der Waals surface area (Å²) in [4.78, 5) is 11.9. The van der Waals surface area contributed by atoms with Gasteiger partial charge in [0.2, 0.25) is 5.91 Å². The standard InChI is InChI=1S/C14H17F3N2O2.ClH/c1-9(19-13(20)12-3-2-8-18-12)10-4-6-11(7-5-10)21-14(15,16)17;/h4-7,9,12,18H,2-3,8H2,1H3,(H,19,20);1H. The first-order valence-electron chi connectivity index (χ1n) is 6.74. The summed E-state index contributed by atoms with van der Waals surface area (Å²) in [6, 6.07) is 5.03. The van der Waals surface area contributed by atoms with E-state index in [1.165, 1.54) is 24.3 Å². The fourth-order valence-electron chi connectivity index (χ4n) is 2.26. The van der Waals surface area contributed by atoms with Crippen molar-refractivity contribution in [2.45, 2.75) is 38.2 Å². The van der Waals surface area contributed by atoms with Gasteiger partial charge in [-0.15, -0.1) is 25.6 Å². The van der Waals surface area contributed by atoms with Crippen molar-refractivity contribution in [1.82, 2.24) is 10.6 Å². The molecule has 124 valence electrons. The molecule has 8 heteroatoms. The number of halogens is 4. The van der Waals surface area contributed by atoms with Crippen LogP contribution in [0.25, 0.3) is 0 Å². The maximum absolute atomic E-state index is 12.1. The largest absolute Gasteiger partial charge is 0.573 e. The highest BCUT2D eigenvalue weighted by Crippen LogP contribution is 2.24. The fraction of sp³-hybridized carbons (Fsp3) is 0.500. The lowest BCUT2D eigenvalue weighted by molar-refractivity contribution is -0.274. The van der Waals surface area contributed by atoms with Gasteiger partial charge in [0.25, 0.3) is 0 Å². The van der Waals surface area contributed by atoms with Crippen LogP contribution < -0.4 is 15.4 Å². The monoisotopic (exact) mass is 338 g/mol. The summed E-state index contributed by atoms with van der Waals surface area (Å²) < 4.78 is 40.0. The van der Waals surface area contributed by atoms with Crippen molar-refractivity contribution in [3.8, 4) is 5.75 Å². The van der Waals surface area contributed by atoms with Crippen LogP contribution >= 0.6 is 12.4 Å². The van der Waals surface area contributed by atoms with E-state index < -0.39 is 6.36 Å². The Kier molecular flexibility index (Phi) is 6.49. The Bertz CT molecular complexity index is 488. The van der Waals surface area contributed by atoms with E-state index in [0.29, 0.717) is 0 Å². The molecule has 0 saturated carbocycles. The van der Waals surface area contributed by atoms with Gasteiger partial charge in [0, 0.05) is 0 Å². The molecule has 4 nitrogen and oxygen atoms in total. The van der Waals surface area contributed by atoms with Gasteiger partial charge in [-0.2, -0.15) is 0 Å². The maximum atomic E-state index is 12.1. The van der Waals surface area contributed by atoms with E-state index in [4.69, 9.17) is 0 Å². The van der Waals surface area contributed by atoms with Gasteiger partial charge in [-0.05, 0) is 44.0 Å². The van der Waals surface area contributed by atoms with Crippen molar-refractivity contribution in [1.29, 1.82) is 0 Å². The molecule has 2 N–H and O–H groups in total. The van der Waals surface area contributed by atoms with Crippen LogP contribution in [-0.2, 0) is 4.79 Å². The highest BCUT2D eigenvalue weighted by atomic mass is 35.5. The Labute approximate surface area is 132 Å². The first-order valence-corrected chi connectivity index (χ1v) is 6.74. The predicted molar refractivity (Wildman–Crippen MR) is 78.0 cm³/mol. The quantitative estimate of drug-likeness (QED) is 0.887. The number of rotatable bonds is 4. The highest BCUT2D eigenvalue weighted by molar-refractivity contribution is 5.85. The topological polar surface area (TPSA) is 50.4 Å². The Morgan fingerprint density at radius 2 is 2.00 bits per heavy atom. The Morgan fingerprint density at radius 1 is 1.36 bits per heavy atom. The summed E-state index contributed by atoms with van der Waals surface area (Å²) in [6.45, 7) is 2.61. The van der Waals surface area contributed by atoms with Crippen molar-refractivity contribution in [3.63, 3.8) is 0 Å². The number of hydrogen-bond donors (Lipinski definition) is 2. The molecule has 1 aromatic rings.